The number of carbonyl (C=O) groups excluding carboxylic acids is 1. The number of esters is 1. The lowest BCUT2D eigenvalue weighted by Crippen LogP contribution is -2.49. The topological polar surface area (TPSA) is 38.8 Å². The second-order valence-electron chi connectivity index (χ2n) is 11.9. The minimum absolute atomic E-state index is 0.0198. The zero-order valence-corrected chi connectivity index (χ0v) is 25.8. The second-order valence-corrected chi connectivity index (χ2v) is 11.9. The highest BCUT2D eigenvalue weighted by Crippen LogP contribution is 2.44. The van der Waals surface area contributed by atoms with Crippen LogP contribution in [0.3, 0.4) is 0 Å². The van der Waals surface area contributed by atoms with Crippen LogP contribution in [0, 0.1) is 5.92 Å². The minimum Gasteiger partial charge on any atom is -0.497 e. The van der Waals surface area contributed by atoms with E-state index in [0.29, 0.717) is 52.8 Å². The van der Waals surface area contributed by atoms with Gasteiger partial charge >= 0.3 is 18.3 Å². The molecular weight excluding hydrogens is 596 g/mol. The van der Waals surface area contributed by atoms with Gasteiger partial charge in [-0.05, 0) is 96.7 Å². The van der Waals surface area contributed by atoms with Gasteiger partial charge in [0.1, 0.15) is 11.8 Å². The van der Waals surface area contributed by atoms with Gasteiger partial charge in [-0.25, -0.2) is 0 Å². The number of hydrogen-bond acceptors (Lipinski definition) is 4. The summed E-state index contributed by atoms with van der Waals surface area (Å²) < 4.78 is 94.1. The summed E-state index contributed by atoms with van der Waals surface area (Å²) in [5.74, 6) is -0.470. The van der Waals surface area contributed by atoms with E-state index in [9.17, 15) is 31.1 Å². The predicted molar refractivity (Wildman–Crippen MR) is 161 cm³/mol. The number of hydrogen-bond donors (Lipinski definition) is 0. The molecule has 1 heterocycles. The Morgan fingerprint density at radius 2 is 1.58 bits per heavy atom. The fourth-order valence-electron chi connectivity index (χ4n) is 6.10. The lowest BCUT2D eigenvalue weighted by atomic mass is 9.83. The van der Waals surface area contributed by atoms with Crippen molar-refractivity contribution in [3.63, 3.8) is 0 Å². The summed E-state index contributed by atoms with van der Waals surface area (Å²) in [5, 5.41) is 0. The Labute approximate surface area is 260 Å². The first-order valence-corrected chi connectivity index (χ1v) is 15.2. The van der Waals surface area contributed by atoms with Gasteiger partial charge in [-0.1, -0.05) is 50.2 Å². The number of piperidine rings is 1. The third kappa shape index (κ3) is 8.60. The molecule has 244 valence electrons. The van der Waals surface area contributed by atoms with Gasteiger partial charge < -0.3 is 9.47 Å². The van der Waals surface area contributed by atoms with Crippen LogP contribution in [0.1, 0.15) is 80.7 Å². The van der Waals surface area contributed by atoms with Crippen molar-refractivity contribution in [3.8, 4) is 16.9 Å². The van der Waals surface area contributed by atoms with E-state index >= 15 is 0 Å². The van der Waals surface area contributed by atoms with Gasteiger partial charge in [0.05, 0.1) is 25.2 Å². The summed E-state index contributed by atoms with van der Waals surface area (Å²) in [6.45, 7) is 5.79. The Morgan fingerprint density at radius 1 is 0.911 bits per heavy atom. The number of ether oxygens (including phenoxy) is 2. The highest BCUT2D eigenvalue weighted by Gasteiger charge is 2.47. The molecule has 45 heavy (non-hydrogen) atoms. The average Bonchev–Trinajstić information content (AvgIpc) is 2.99. The first-order chi connectivity index (χ1) is 21.2. The van der Waals surface area contributed by atoms with E-state index in [1.54, 1.807) is 49.4 Å². The van der Waals surface area contributed by atoms with Crippen LogP contribution in [0.2, 0.25) is 0 Å². The molecule has 3 aromatic rings. The predicted octanol–water partition coefficient (Wildman–Crippen LogP) is 9.73. The van der Waals surface area contributed by atoms with Gasteiger partial charge in [0.25, 0.3) is 0 Å². The van der Waals surface area contributed by atoms with Crippen LogP contribution in [-0.4, -0.2) is 36.8 Å². The van der Waals surface area contributed by atoms with Crippen molar-refractivity contribution in [3.05, 3.63) is 89.0 Å². The Bertz CT molecular complexity index is 1420. The second kappa shape index (κ2) is 14.3. The first kappa shape index (κ1) is 34.3. The van der Waals surface area contributed by atoms with E-state index in [1.165, 1.54) is 24.1 Å². The smallest absolute Gasteiger partial charge is 0.416 e. The average molecular weight is 636 g/mol. The molecule has 0 aromatic heterocycles. The number of carbonyl (C=O) groups is 1. The molecule has 4 rings (SSSR count). The molecule has 0 amide bonds. The maximum atomic E-state index is 14.5. The zero-order valence-electron chi connectivity index (χ0n) is 25.8. The lowest BCUT2D eigenvalue weighted by Gasteiger charge is -2.43. The fraction of sp³-hybridized carbons (Fsp3) is 0.457. The summed E-state index contributed by atoms with van der Waals surface area (Å²) in [5.41, 5.74) is 1.99. The van der Waals surface area contributed by atoms with Crippen molar-refractivity contribution in [1.29, 1.82) is 0 Å². The molecule has 1 aliphatic heterocycles. The molecule has 1 saturated heterocycles. The first-order valence-electron chi connectivity index (χ1n) is 15.2. The Balaban J connectivity index is 1.87. The summed E-state index contributed by atoms with van der Waals surface area (Å²) in [6, 6.07) is 14.4. The van der Waals surface area contributed by atoms with Crippen molar-refractivity contribution < 1.29 is 40.6 Å². The number of alkyl halides is 6. The summed E-state index contributed by atoms with van der Waals surface area (Å²) in [6.07, 6.45) is -7.85. The van der Waals surface area contributed by atoms with Gasteiger partial charge in [-0.2, -0.15) is 26.3 Å². The van der Waals surface area contributed by atoms with Crippen LogP contribution in [0.5, 0.6) is 5.75 Å². The maximum absolute atomic E-state index is 14.5. The van der Waals surface area contributed by atoms with Crippen LogP contribution >= 0.6 is 0 Å². The normalized spacial score (nSPS) is 18.6. The highest BCUT2D eigenvalue weighted by molar-refractivity contribution is 5.79. The van der Waals surface area contributed by atoms with E-state index in [1.807, 2.05) is 13.8 Å². The van der Waals surface area contributed by atoms with E-state index in [2.05, 4.69) is 0 Å². The van der Waals surface area contributed by atoms with Crippen LogP contribution in [0.15, 0.2) is 66.7 Å². The van der Waals surface area contributed by atoms with E-state index in [0.717, 1.165) is 12.1 Å². The van der Waals surface area contributed by atoms with Crippen LogP contribution in [-0.2, 0) is 22.3 Å². The number of rotatable bonds is 10. The van der Waals surface area contributed by atoms with E-state index in [-0.39, 0.29) is 25.5 Å². The van der Waals surface area contributed by atoms with Crippen LogP contribution < -0.4 is 4.74 Å². The molecule has 1 aliphatic rings. The summed E-state index contributed by atoms with van der Waals surface area (Å²) in [7, 11) is 1.51. The maximum Gasteiger partial charge on any atom is 0.416 e. The Morgan fingerprint density at radius 3 is 2.13 bits per heavy atom. The third-order valence-electron chi connectivity index (χ3n) is 8.25. The van der Waals surface area contributed by atoms with Crippen molar-refractivity contribution in [1.82, 2.24) is 4.90 Å². The fourth-order valence-corrected chi connectivity index (χ4v) is 6.10. The molecule has 3 unspecified atom stereocenters. The molecular formula is C35H39F6NO3. The zero-order chi connectivity index (χ0) is 32.9. The van der Waals surface area contributed by atoms with Crippen molar-refractivity contribution in [2.75, 3.05) is 13.7 Å². The number of halogens is 6. The molecule has 10 heteroatoms. The molecule has 0 bridgehead atoms. The van der Waals surface area contributed by atoms with Crippen molar-refractivity contribution >= 4 is 5.97 Å². The van der Waals surface area contributed by atoms with Gasteiger partial charge in [0.2, 0.25) is 0 Å². The van der Waals surface area contributed by atoms with Gasteiger partial charge in [0.15, 0.2) is 0 Å². The number of benzene rings is 3. The van der Waals surface area contributed by atoms with Crippen molar-refractivity contribution in [2.24, 2.45) is 5.92 Å². The summed E-state index contributed by atoms with van der Waals surface area (Å²) >= 11 is 0. The molecule has 0 saturated carbocycles. The number of methoxy groups -OCH3 is 1. The largest absolute Gasteiger partial charge is 0.497 e. The molecule has 0 aliphatic carbocycles. The molecule has 3 atom stereocenters. The quantitative estimate of drug-likeness (QED) is 0.164. The highest BCUT2D eigenvalue weighted by atomic mass is 19.4. The third-order valence-corrected chi connectivity index (χ3v) is 8.25. The van der Waals surface area contributed by atoms with E-state index < -0.39 is 41.9 Å². The van der Waals surface area contributed by atoms with E-state index in [4.69, 9.17) is 9.47 Å². The number of nitrogens with zero attached hydrogens (tertiary/aromatic N) is 1. The standard InChI is InChI=1S/C35H39F6NO3/c1-5-45-33(43)30(17-22(2)3)26-18-25(24-11-13-28(14-12-24)34(36,37)38)19-27(20-26)31-7-6-8-32(35(39,40)41)42(31)21-23-9-15-29(44-4)16-10-23/h9-16,18-20,22,30-32H,5-8,17,21H2,1-4H3. The van der Waals surface area contributed by atoms with Crippen LogP contribution in [0.25, 0.3) is 11.1 Å². The van der Waals surface area contributed by atoms with Gasteiger partial charge in [-0.3, -0.25) is 9.69 Å². The molecule has 1 fully saturated rings. The Hall–Kier alpha value is -3.53. The van der Waals surface area contributed by atoms with Crippen LogP contribution in [0.4, 0.5) is 26.3 Å². The van der Waals surface area contributed by atoms with Crippen molar-refractivity contribution in [2.45, 2.75) is 83.4 Å². The van der Waals surface area contributed by atoms with Gasteiger partial charge in [0, 0.05) is 12.6 Å². The molecule has 3 aromatic carbocycles. The SMILES string of the molecule is CCOC(=O)C(CC(C)C)c1cc(-c2ccc(C(F)(F)F)cc2)cc(C2CCCC(C(F)(F)F)N2Cc2ccc(OC)cc2)c1. The lowest BCUT2D eigenvalue weighted by molar-refractivity contribution is -0.201. The number of likely N-dealkylation sites (tertiary alicyclic amines) is 1. The molecule has 0 radical (unpaired) electrons. The minimum atomic E-state index is -4.52. The molecule has 0 N–H and O–H groups in total. The summed E-state index contributed by atoms with van der Waals surface area (Å²) in [4.78, 5) is 14.7. The molecule has 0 spiro atoms. The monoisotopic (exact) mass is 635 g/mol. The van der Waals surface area contributed by atoms with Gasteiger partial charge in [-0.15, -0.1) is 0 Å². The molecule has 4 nitrogen and oxygen atoms in total. The Kier molecular flexibility index (Phi) is 10.9.